The first-order valence-corrected chi connectivity index (χ1v) is 26.3. The van der Waals surface area contributed by atoms with Gasteiger partial charge in [0.15, 0.2) is 0 Å². The number of rotatable bonds is 5. The number of fused-ring (bicyclic) bond motifs is 10. The highest BCUT2D eigenvalue weighted by molar-refractivity contribution is 7.00. The van der Waals surface area contributed by atoms with E-state index in [0.717, 1.165) is 6.42 Å². The molecule has 2 fully saturated rings. The second kappa shape index (κ2) is 14.5. The maximum absolute atomic E-state index is 2.93. The Labute approximate surface area is 412 Å². The molecule has 6 aliphatic rings. The summed E-state index contributed by atoms with van der Waals surface area (Å²) in [7, 11) is 0. The predicted octanol–water partition coefficient (Wildman–Crippen LogP) is 15.1. The van der Waals surface area contributed by atoms with Crippen LogP contribution >= 0.6 is 0 Å². The maximum atomic E-state index is 2.93. The van der Waals surface area contributed by atoms with Crippen LogP contribution < -0.4 is 31.1 Å². The highest BCUT2D eigenvalue weighted by Gasteiger charge is 2.62. The molecule has 7 aromatic rings. The summed E-state index contributed by atoms with van der Waals surface area (Å²) in [5.41, 5.74) is 22.9. The van der Waals surface area contributed by atoms with Crippen LogP contribution in [0.2, 0.25) is 0 Å². The Hall–Kier alpha value is -6.00. The van der Waals surface area contributed by atoms with Crippen LogP contribution in [0.1, 0.15) is 141 Å². The van der Waals surface area contributed by atoms with E-state index in [2.05, 4.69) is 229 Å². The number of nitrogens with zero attached hydrogens (tertiary/aromatic N) is 3. The minimum atomic E-state index is -0.233. The van der Waals surface area contributed by atoms with Crippen LogP contribution in [-0.4, -0.2) is 17.8 Å². The Balaban J connectivity index is 1.17. The van der Waals surface area contributed by atoms with Crippen molar-refractivity contribution in [2.45, 2.75) is 146 Å². The van der Waals surface area contributed by atoms with Crippen molar-refractivity contribution in [2.75, 3.05) is 14.7 Å². The van der Waals surface area contributed by atoms with Gasteiger partial charge in [-0.2, -0.15) is 0 Å². The van der Waals surface area contributed by atoms with E-state index >= 15 is 0 Å². The molecule has 4 atom stereocenters. The van der Waals surface area contributed by atoms with Crippen molar-refractivity contribution in [3.05, 3.63) is 179 Å². The molecular weight excluding hydrogens is 834 g/mol. The Morgan fingerprint density at radius 2 is 1.06 bits per heavy atom. The van der Waals surface area contributed by atoms with E-state index in [0.29, 0.717) is 0 Å². The highest BCUT2D eigenvalue weighted by Crippen LogP contribution is 2.65. The Kier molecular flexibility index (Phi) is 9.07. The molecule has 0 amide bonds. The third kappa shape index (κ3) is 5.64. The predicted molar refractivity (Wildman–Crippen MR) is 294 cm³/mol. The molecule has 3 nitrogen and oxygen atoms in total. The third-order valence-electron chi connectivity index (χ3n) is 19.6. The third-order valence-corrected chi connectivity index (χ3v) is 19.6. The lowest BCUT2D eigenvalue weighted by atomic mass is 9.33. The summed E-state index contributed by atoms with van der Waals surface area (Å²) in [6.07, 6.45) is 9.80. The highest BCUT2D eigenvalue weighted by atomic mass is 15.3. The van der Waals surface area contributed by atoms with Gasteiger partial charge in [-0.25, -0.2) is 0 Å². The standard InChI is InChI=1S/C65H68BN3/c1-60(2,3)45-32-34-53(48(39-45)43-23-12-10-13-24-43)67-55-40-46(61(4,5)44-25-14-11-15-26-44)31-33-51(55)66-52-29-22-28-50-59(52)69(65(9)38-21-19-36-63(50,65)7)57-42-47(41-56(67)58(57)66)68-54-30-17-16-27-49(54)62(6)35-18-20-37-64(62,68)8/h10-17,22-34,39-42H,18-21,35-38H2,1-9H3. The van der Waals surface area contributed by atoms with Gasteiger partial charge in [0.2, 0.25) is 0 Å². The summed E-state index contributed by atoms with van der Waals surface area (Å²) in [4.78, 5) is 8.51. The number of para-hydroxylation sites is 2. The van der Waals surface area contributed by atoms with Crippen molar-refractivity contribution < 1.29 is 0 Å². The van der Waals surface area contributed by atoms with Crippen molar-refractivity contribution in [3.8, 4) is 11.1 Å². The van der Waals surface area contributed by atoms with E-state index in [4.69, 9.17) is 0 Å². The van der Waals surface area contributed by atoms with Crippen molar-refractivity contribution in [1.29, 1.82) is 0 Å². The summed E-state index contributed by atoms with van der Waals surface area (Å²) >= 11 is 0. The first-order valence-electron chi connectivity index (χ1n) is 26.3. The molecule has 4 heteroatoms. The van der Waals surface area contributed by atoms with Crippen LogP contribution in [0.5, 0.6) is 0 Å². The van der Waals surface area contributed by atoms with E-state index < -0.39 is 0 Å². The van der Waals surface area contributed by atoms with Gasteiger partial charge in [0, 0.05) is 55.9 Å². The van der Waals surface area contributed by atoms with Gasteiger partial charge in [0.05, 0.1) is 16.8 Å². The molecule has 346 valence electrons. The average molecular weight is 902 g/mol. The monoisotopic (exact) mass is 902 g/mol. The van der Waals surface area contributed by atoms with Gasteiger partial charge in [0.25, 0.3) is 6.71 Å². The summed E-state index contributed by atoms with van der Waals surface area (Å²) in [6.45, 7) is 22.4. The molecule has 0 spiro atoms. The summed E-state index contributed by atoms with van der Waals surface area (Å²) in [5.74, 6) is 0. The molecule has 0 saturated heterocycles. The zero-order valence-corrected chi connectivity index (χ0v) is 42.5. The van der Waals surface area contributed by atoms with E-state index in [9.17, 15) is 0 Å². The van der Waals surface area contributed by atoms with Gasteiger partial charge in [-0.1, -0.05) is 189 Å². The van der Waals surface area contributed by atoms with Crippen LogP contribution in [0.3, 0.4) is 0 Å². The summed E-state index contributed by atoms with van der Waals surface area (Å²) < 4.78 is 0. The lowest BCUT2D eigenvalue weighted by molar-refractivity contribution is 0.194. The first-order chi connectivity index (χ1) is 33.1. The fraction of sp³-hybridized carbons (Fsp3) is 0.354. The van der Waals surface area contributed by atoms with E-state index in [1.54, 1.807) is 5.56 Å². The summed E-state index contributed by atoms with van der Waals surface area (Å²) in [5, 5.41) is 0. The smallest absolute Gasteiger partial charge is 0.252 e. The number of hydrogen-bond acceptors (Lipinski definition) is 3. The fourth-order valence-electron chi connectivity index (χ4n) is 15.2. The van der Waals surface area contributed by atoms with Crippen LogP contribution in [0.25, 0.3) is 11.1 Å². The Morgan fingerprint density at radius 3 is 1.78 bits per heavy atom. The van der Waals surface area contributed by atoms with E-state index in [-0.39, 0.29) is 39.5 Å². The Morgan fingerprint density at radius 1 is 0.449 bits per heavy atom. The Bertz CT molecular complexity index is 3240. The lowest BCUT2D eigenvalue weighted by Crippen LogP contribution is -2.64. The molecule has 4 heterocycles. The number of anilines is 7. The zero-order chi connectivity index (χ0) is 47.5. The normalized spacial score (nSPS) is 25.1. The molecular formula is C65H68BN3. The second-order valence-corrected chi connectivity index (χ2v) is 24.3. The van der Waals surface area contributed by atoms with Gasteiger partial charge < -0.3 is 14.7 Å². The first kappa shape index (κ1) is 43.1. The molecule has 2 saturated carbocycles. The van der Waals surface area contributed by atoms with Gasteiger partial charge in [-0.15, -0.1) is 0 Å². The molecule has 69 heavy (non-hydrogen) atoms. The molecule has 4 unspecified atom stereocenters. The van der Waals surface area contributed by atoms with Crippen LogP contribution in [0.15, 0.2) is 152 Å². The number of hydrogen-bond donors (Lipinski definition) is 0. The fourth-order valence-corrected chi connectivity index (χ4v) is 15.2. The van der Waals surface area contributed by atoms with Crippen molar-refractivity contribution in [3.63, 3.8) is 0 Å². The van der Waals surface area contributed by atoms with Gasteiger partial charge in [-0.05, 0) is 131 Å². The van der Waals surface area contributed by atoms with Crippen molar-refractivity contribution >= 4 is 62.9 Å². The molecule has 0 radical (unpaired) electrons. The molecule has 2 aliphatic carbocycles. The quantitative estimate of drug-likeness (QED) is 0.159. The summed E-state index contributed by atoms with van der Waals surface area (Å²) in [6, 6.07) is 59.6. The van der Waals surface area contributed by atoms with Crippen molar-refractivity contribution in [1.82, 2.24) is 0 Å². The van der Waals surface area contributed by atoms with Gasteiger partial charge in [0.1, 0.15) is 0 Å². The van der Waals surface area contributed by atoms with Crippen molar-refractivity contribution in [2.24, 2.45) is 0 Å². The average Bonchev–Trinajstić information content (AvgIpc) is 3.70. The zero-order valence-electron chi connectivity index (χ0n) is 42.5. The number of benzene rings is 7. The minimum absolute atomic E-state index is 0.0243. The topological polar surface area (TPSA) is 9.72 Å². The minimum Gasteiger partial charge on any atom is -0.335 e. The molecule has 7 aromatic carbocycles. The van der Waals surface area contributed by atoms with E-state index in [1.807, 2.05) is 0 Å². The van der Waals surface area contributed by atoms with Gasteiger partial charge >= 0.3 is 0 Å². The second-order valence-electron chi connectivity index (χ2n) is 24.3. The molecule has 13 rings (SSSR count). The van der Waals surface area contributed by atoms with E-state index in [1.165, 1.54) is 135 Å². The molecule has 0 aromatic heterocycles. The van der Waals surface area contributed by atoms with Crippen LogP contribution in [0.4, 0.5) is 39.8 Å². The lowest BCUT2D eigenvalue weighted by Gasteiger charge is -2.54. The maximum Gasteiger partial charge on any atom is 0.252 e. The van der Waals surface area contributed by atoms with Crippen LogP contribution in [0, 0.1) is 0 Å². The van der Waals surface area contributed by atoms with Gasteiger partial charge in [-0.3, -0.25) is 0 Å². The SMILES string of the molecule is CC(C)(C)c1ccc(N2c3cc(C(C)(C)c4ccccc4)ccc3B3c4cccc5c4N(c4cc(N6c7ccccc7C7(C)CCCCC67C)cc2c43)C2(C)CCCCC52C)c(-c2ccccc2)c1. The molecule has 0 bridgehead atoms. The largest absolute Gasteiger partial charge is 0.335 e. The molecule has 4 aliphatic heterocycles. The molecule has 0 N–H and O–H groups in total. The van der Waals surface area contributed by atoms with Crippen LogP contribution in [-0.2, 0) is 21.7 Å².